The van der Waals surface area contributed by atoms with Crippen LogP contribution in [0.1, 0.15) is 23.2 Å². The lowest BCUT2D eigenvalue weighted by atomic mass is 10.2. The molecule has 0 aliphatic carbocycles. The van der Waals surface area contributed by atoms with E-state index in [4.69, 9.17) is 14.7 Å². The lowest BCUT2D eigenvalue weighted by Gasteiger charge is -2.18. The Morgan fingerprint density at radius 1 is 1.36 bits per heavy atom. The number of hydrogen-bond acceptors (Lipinski definition) is 6. The molecule has 1 aromatic rings. The van der Waals surface area contributed by atoms with Crippen molar-refractivity contribution < 1.29 is 22.7 Å². The number of ether oxygens (including phenoxy) is 2. The summed E-state index contributed by atoms with van der Waals surface area (Å²) < 4.78 is 36.5. The van der Waals surface area contributed by atoms with Crippen LogP contribution in [-0.2, 0) is 14.8 Å². The third kappa shape index (κ3) is 3.21. The summed E-state index contributed by atoms with van der Waals surface area (Å²) in [7, 11) is -2.36. The predicted molar refractivity (Wildman–Crippen MR) is 76.9 cm³/mol. The largest absolute Gasteiger partial charge is 0.495 e. The van der Waals surface area contributed by atoms with E-state index in [2.05, 4.69) is 0 Å². The van der Waals surface area contributed by atoms with Crippen molar-refractivity contribution in [3.8, 4) is 11.8 Å². The topological polar surface area (TPSA) is 96.7 Å². The maximum atomic E-state index is 12.6. The zero-order valence-electron chi connectivity index (χ0n) is 12.1. The van der Waals surface area contributed by atoms with Crippen LogP contribution in [0.15, 0.2) is 23.1 Å². The molecule has 0 amide bonds. The first kappa shape index (κ1) is 16.3. The van der Waals surface area contributed by atoms with Gasteiger partial charge in [0.2, 0.25) is 10.0 Å². The van der Waals surface area contributed by atoms with E-state index in [9.17, 15) is 13.2 Å². The molecule has 8 heteroatoms. The van der Waals surface area contributed by atoms with Crippen LogP contribution in [0.2, 0.25) is 0 Å². The van der Waals surface area contributed by atoms with Crippen LogP contribution in [0.25, 0.3) is 0 Å². The van der Waals surface area contributed by atoms with Crippen molar-refractivity contribution in [2.24, 2.45) is 0 Å². The molecular formula is C14H16N2O5S. The number of carbonyl (C=O) groups excluding carboxylic acids is 1. The highest BCUT2D eigenvalue weighted by molar-refractivity contribution is 7.89. The molecule has 1 aliphatic rings. The Bertz CT molecular complexity index is 702. The van der Waals surface area contributed by atoms with Crippen LogP contribution in [0.5, 0.6) is 5.75 Å². The van der Waals surface area contributed by atoms with Crippen molar-refractivity contribution in [3.05, 3.63) is 23.8 Å². The molecule has 0 bridgehead atoms. The Kier molecular flexibility index (Phi) is 5.00. The summed E-state index contributed by atoms with van der Waals surface area (Å²) >= 11 is 0. The number of nitriles is 1. The molecule has 22 heavy (non-hydrogen) atoms. The highest BCUT2D eigenvalue weighted by atomic mass is 32.2. The molecule has 1 aromatic carbocycles. The van der Waals surface area contributed by atoms with Gasteiger partial charge in [-0.15, -0.1) is 0 Å². The quantitative estimate of drug-likeness (QED) is 0.754. The molecule has 0 aromatic heterocycles. The van der Waals surface area contributed by atoms with Gasteiger partial charge in [0.15, 0.2) is 6.61 Å². The molecule has 1 aliphatic heterocycles. The molecule has 0 atom stereocenters. The van der Waals surface area contributed by atoms with Crippen LogP contribution in [0, 0.1) is 11.3 Å². The van der Waals surface area contributed by atoms with Gasteiger partial charge in [-0.2, -0.15) is 9.57 Å². The average Bonchev–Trinajstić information content (AvgIpc) is 3.07. The normalized spacial score (nSPS) is 15.3. The third-order valence-corrected chi connectivity index (χ3v) is 5.27. The fourth-order valence-corrected chi connectivity index (χ4v) is 3.95. The second-order valence-corrected chi connectivity index (χ2v) is 6.62. The van der Waals surface area contributed by atoms with E-state index in [0.29, 0.717) is 13.1 Å². The minimum Gasteiger partial charge on any atom is -0.495 e. The zero-order chi connectivity index (χ0) is 16.2. The number of esters is 1. The third-order valence-electron chi connectivity index (χ3n) is 3.35. The summed E-state index contributed by atoms with van der Waals surface area (Å²) in [4.78, 5) is 11.7. The maximum absolute atomic E-state index is 12.6. The van der Waals surface area contributed by atoms with Crippen molar-refractivity contribution >= 4 is 16.0 Å². The predicted octanol–water partition coefficient (Wildman–Crippen LogP) is 1.16. The monoisotopic (exact) mass is 324 g/mol. The van der Waals surface area contributed by atoms with Crippen molar-refractivity contribution in [2.45, 2.75) is 17.7 Å². The van der Waals surface area contributed by atoms with E-state index in [0.717, 1.165) is 12.8 Å². The van der Waals surface area contributed by atoms with E-state index in [1.165, 1.54) is 29.6 Å². The molecule has 0 N–H and O–H groups in total. The zero-order valence-corrected chi connectivity index (χ0v) is 12.9. The van der Waals surface area contributed by atoms with Crippen molar-refractivity contribution in [1.29, 1.82) is 5.26 Å². The minimum absolute atomic E-state index is 0.0637. The van der Waals surface area contributed by atoms with E-state index in [1.807, 2.05) is 0 Å². The van der Waals surface area contributed by atoms with Crippen LogP contribution >= 0.6 is 0 Å². The van der Waals surface area contributed by atoms with Crippen LogP contribution in [-0.4, -0.2) is 45.5 Å². The van der Waals surface area contributed by atoms with E-state index < -0.39 is 16.0 Å². The summed E-state index contributed by atoms with van der Waals surface area (Å²) in [6, 6.07) is 5.73. The second-order valence-electron chi connectivity index (χ2n) is 4.71. The summed E-state index contributed by atoms with van der Waals surface area (Å²) in [5.74, 6) is -0.578. The number of nitrogens with zero attached hydrogens (tertiary/aromatic N) is 2. The lowest BCUT2D eigenvalue weighted by molar-refractivity contribution is 0.0554. The maximum Gasteiger partial charge on any atom is 0.339 e. The number of benzene rings is 1. The van der Waals surface area contributed by atoms with Crippen molar-refractivity contribution in [3.63, 3.8) is 0 Å². The van der Waals surface area contributed by atoms with Gasteiger partial charge in [-0.1, -0.05) is 0 Å². The molecule has 0 radical (unpaired) electrons. The van der Waals surface area contributed by atoms with Gasteiger partial charge >= 0.3 is 5.97 Å². The van der Waals surface area contributed by atoms with Gasteiger partial charge in [-0.25, -0.2) is 13.2 Å². The summed E-state index contributed by atoms with van der Waals surface area (Å²) in [6.45, 7) is 0.516. The summed E-state index contributed by atoms with van der Waals surface area (Å²) in [6.07, 6.45) is 1.62. The SMILES string of the molecule is COc1ccc(C(=O)OCC#N)cc1S(=O)(=O)N1CCCC1. The smallest absolute Gasteiger partial charge is 0.339 e. The lowest BCUT2D eigenvalue weighted by Crippen LogP contribution is -2.28. The Morgan fingerprint density at radius 2 is 2.05 bits per heavy atom. The Labute approximate surface area is 129 Å². The Morgan fingerprint density at radius 3 is 2.64 bits per heavy atom. The van der Waals surface area contributed by atoms with Crippen molar-refractivity contribution in [1.82, 2.24) is 4.31 Å². The number of methoxy groups -OCH3 is 1. The highest BCUT2D eigenvalue weighted by Crippen LogP contribution is 2.30. The Hall–Kier alpha value is -2.11. The molecular weight excluding hydrogens is 308 g/mol. The van der Waals surface area contributed by atoms with Crippen LogP contribution < -0.4 is 4.74 Å². The number of rotatable bonds is 5. The summed E-state index contributed by atoms with van der Waals surface area (Å²) in [5.41, 5.74) is 0.0637. The molecule has 0 spiro atoms. The van der Waals surface area contributed by atoms with Gasteiger partial charge in [-0.05, 0) is 31.0 Å². The first-order valence-electron chi connectivity index (χ1n) is 6.73. The number of sulfonamides is 1. The van der Waals surface area contributed by atoms with Gasteiger partial charge in [-0.3, -0.25) is 0 Å². The van der Waals surface area contributed by atoms with Gasteiger partial charge in [0.1, 0.15) is 16.7 Å². The average molecular weight is 324 g/mol. The molecule has 1 saturated heterocycles. The fraction of sp³-hybridized carbons (Fsp3) is 0.429. The van der Waals surface area contributed by atoms with Crippen LogP contribution in [0.4, 0.5) is 0 Å². The molecule has 7 nitrogen and oxygen atoms in total. The first-order chi connectivity index (χ1) is 10.5. The number of hydrogen-bond donors (Lipinski definition) is 0. The van der Waals surface area contributed by atoms with Gasteiger partial charge in [0.25, 0.3) is 0 Å². The highest BCUT2D eigenvalue weighted by Gasteiger charge is 2.30. The first-order valence-corrected chi connectivity index (χ1v) is 8.17. The van der Waals surface area contributed by atoms with Crippen molar-refractivity contribution in [2.75, 3.05) is 26.8 Å². The summed E-state index contributed by atoms with van der Waals surface area (Å²) in [5, 5.41) is 8.42. The van der Waals surface area contributed by atoms with Crippen LogP contribution in [0.3, 0.4) is 0 Å². The Balaban J connectivity index is 2.40. The number of carbonyl (C=O) groups is 1. The molecule has 1 fully saturated rings. The van der Waals surface area contributed by atoms with Gasteiger partial charge in [0.05, 0.1) is 12.7 Å². The molecule has 2 rings (SSSR count). The molecule has 118 valence electrons. The van der Waals surface area contributed by atoms with Gasteiger partial charge < -0.3 is 9.47 Å². The standard InChI is InChI=1S/C14H16N2O5S/c1-20-12-5-4-11(14(17)21-9-6-15)10-13(12)22(18,19)16-7-2-3-8-16/h4-5,10H,2-3,7-9H2,1H3. The van der Waals surface area contributed by atoms with Gasteiger partial charge in [0, 0.05) is 13.1 Å². The molecule has 0 saturated carbocycles. The van der Waals surface area contributed by atoms with E-state index >= 15 is 0 Å². The second kappa shape index (κ2) is 6.77. The van der Waals surface area contributed by atoms with E-state index in [1.54, 1.807) is 6.07 Å². The fourth-order valence-electron chi connectivity index (χ4n) is 2.25. The van der Waals surface area contributed by atoms with E-state index in [-0.39, 0.29) is 22.8 Å². The molecule has 1 heterocycles. The molecule has 0 unspecified atom stereocenters. The minimum atomic E-state index is -3.72.